The smallest absolute Gasteiger partial charge is 0.256 e. The molecule has 6 heteroatoms. The molecule has 0 saturated heterocycles. The van der Waals surface area contributed by atoms with Gasteiger partial charge in [0.05, 0.1) is 5.56 Å². The van der Waals surface area contributed by atoms with Crippen molar-refractivity contribution in [1.82, 2.24) is 4.98 Å². The van der Waals surface area contributed by atoms with Crippen molar-refractivity contribution in [2.75, 3.05) is 11.1 Å². The Morgan fingerprint density at radius 2 is 1.59 bits per heavy atom. The van der Waals surface area contributed by atoms with Crippen molar-refractivity contribution < 1.29 is 13.6 Å². The number of hydrogen-bond acceptors (Lipinski definition) is 3. The zero-order valence-corrected chi connectivity index (χ0v) is 17.6. The lowest BCUT2D eigenvalue weighted by molar-refractivity contribution is 0.102. The first-order valence-electron chi connectivity index (χ1n) is 10.0. The van der Waals surface area contributed by atoms with Crippen LogP contribution >= 0.6 is 0 Å². The van der Waals surface area contributed by atoms with Gasteiger partial charge in [-0.05, 0) is 72.5 Å². The molecule has 4 aromatic rings. The summed E-state index contributed by atoms with van der Waals surface area (Å²) in [5.74, 6) is -1.17. The summed E-state index contributed by atoms with van der Waals surface area (Å²) in [4.78, 5) is 17.3. The third-order valence-electron chi connectivity index (χ3n) is 5.31. The van der Waals surface area contributed by atoms with Crippen LogP contribution in [0.2, 0.25) is 0 Å². The molecule has 4 nitrogen and oxygen atoms in total. The van der Waals surface area contributed by atoms with Gasteiger partial charge in [-0.1, -0.05) is 30.3 Å². The molecule has 0 atom stereocenters. The molecule has 3 N–H and O–H groups in total. The van der Waals surface area contributed by atoms with Crippen molar-refractivity contribution in [3.8, 4) is 22.3 Å². The van der Waals surface area contributed by atoms with E-state index in [1.54, 1.807) is 36.5 Å². The highest BCUT2D eigenvalue weighted by Gasteiger charge is 2.19. The van der Waals surface area contributed by atoms with Gasteiger partial charge >= 0.3 is 0 Å². The summed E-state index contributed by atoms with van der Waals surface area (Å²) < 4.78 is 28.8. The molecular weight excluding hydrogens is 408 g/mol. The van der Waals surface area contributed by atoms with Crippen molar-refractivity contribution in [2.24, 2.45) is 0 Å². The normalized spacial score (nSPS) is 10.8. The molecule has 0 aliphatic rings. The highest BCUT2D eigenvalue weighted by atomic mass is 19.1. The fraction of sp³-hybridized carbons (Fsp3) is 0.0769. The fourth-order valence-electron chi connectivity index (χ4n) is 3.76. The van der Waals surface area contributed by atoms with Gasteiger partial charge in [-0.3, -0.25) is 4.79 Å². The molecule has 160 valence electrons. The zero-order chi connectivity index (χ0) is 22.8. The average molecular weight is 429 g/mol. The summed E-state index contributed by atoms with van der Waals surface area (Å²) in [5.41, 5.74) is 10.0. The first-order chi connectivity index (χ1) is 15.3. The number of nitrogens with zero attached hydrogens (tertiary/aromatic N) is 1. The molecule has 0 saturated carbocycles. The summed E-state index contributed by atoms with van der Waals surface area (Å²) in [6, 6.07) is 17.5. The number of halogens is 2. The van der Waals surface area contributed by atoms with E-state index in [4.69, 9.17) is 5.73 Å². The van der Waals surface area contributed by atoms with Gasteiger partial charge in [0, 0.05) is 23.0 Å². The molecule has 4 rings (SSSR count). The van der Waals surface area contributed by atoms with Crippen LogP contribution in [-0.2, 0) is 0 Å². The Morgan fingerprint density at radius 3 is 2.31 bits per heavy atom. The number of aromatic nitrogens is 1. The van der Waals surface area contributed by atoms with Crippen LogP contribution < -0.4 is 11.1 Å². The third-order valence-corrected chi connectivity index (χ3v) is 5.31. The standard InChI is InChI=1S/C26H21F2N3O/c1-15-7-8-16(2)25(24(15)17-11-12-30-23(29)13-17)26(32)31-18-9-10-20(22(28)14-18)19-5-3-4-6-21(19)27/h3-14H,1-2H3,(H2,29,30)(H,31,32). The largest absolute Gasteiger partial charge is 0.384 e. The lowest BCUT2D eigenvalue weighted by atomic mass is 9.91. The van der Waals surface area contributed by atoms with Crippen LogP contribution in [-0.4, -0.2) is 10.9 Å². The average Bonchev–Trinajstić information content (AvgIpc) is 2.76. The summed E-state index contributed by atoms with van der Waals surface area (Å²) in [7, 11) is 0. The van der Waals surface area contributed by atoms with Gasteiger partial charge in [-0.15, -0.1) is 0 Å². The molecular formula is C26H21F2N3O. The predicted molar refractivity (Wildman–Crippen MR) is 123 cm³/mol. The molecule has 0 bridgehead atoms. The number of carbonyl (C=O) groups is 1. The van der Waals surface area contributed by atoms with Crippen LogP contribution in [0.25, 0.3) is 22.3 Å². The number of nitrogens with one attached hydrogen (secondary N) is 1. The molecule has 0 aliphatic carbocycles. The van der Waals surface area contributed by atoms with Gasteiger partial charge in [0.1, 0.15) is 17.5 Å². The summed E-state index contributed by atoms with van der Waals surface area (Å²) in [6.07, 6.45) is 1.59. The van der Waals surface area contributed by atoms with E-state index in [1.165, 1.54) is 24.3 Å². The Kier molecular flexibility index (Phi) is 5.69. The Hall–Kier alpha value is -4.06. The number of benzene rings is 3. The summed E-state index contributed by atoms with van der Waals surface area (Å²) >= 11 is 0. The van der Waals surface area contributed by atoms with Gasteiger partial charge in [0.15, 0.2) is 0 Å². The minimum Gasteiger partial charge on any atom is -0.384 e. The van der Waals surface area contributed by atoms with E-state index in [0.29, 0.717) is 11.4 Å². The van der Waals surface area contributed by atoms with Crippen LogP contribution in [0.1, 0.15) is 21.5 Å². The number of aryl methyl sites for hydroxylation is 2. The second-order valence-electron chi connectivity index (χ2n) is 7.55. The Balaban J connectivity index is 1.70. The number of amides is 1. The van der Waals surface area contributed by atoms with Crippen LogP contribution in [0, 0.1) is 25.5 Å². The molecule has 0 aliphatic heterocycles. The van der Waals surface area contributed by atoms with Crippen LogP contribution in [0.4, 0.5) is 20.3 Å². The van der Waals surface area contributed by atoms with Gasteiger partial charge in [-0.25, -0.2) is 13.8 Å². The van der Waals surface area contributed by atoms with E-state index in [1.807, 2.05) is 26.0 Å². The number of carbonyl (C=O) groups excluding carboxylic acids is 1. The first-order valence-corrected chi connectivity index (χ1v) is 10.0. The van der Waals surface area contributed by atoms with Crippen molar-refractivity contribution in [3.63, 3.8) is 0 Å². The van der Waals surface area contributed by atoms with Crippen molar-refractivity contribution >= 4 is 17.4 Å². The number of hydrogen-bond donors (Lipinski definition) is 2. The van der Waals surface area contributed by atoms with E-state index < -0.39 is 11.6 Å². The number of anilines is 2. The highest BCUT2D eigenvalue weighted by molar-refractivity contribution is 6.10. The van der Waals surface area contributed by atoms with Gasteiger partial charge < -0.3 is 11.1 Å². The monoisotopic (exact) mass is 429 g/mol. The number of nitrogens with two attached hydrogens (primary N) is 1. The molecule has 0 radical (unpaired) electrons. The lowest BCUT2D eigenvalue weighted by Crippen LogP contribution is -2.16. The maximum atomic E-state index is 14.8. The predicted octanol–water partition coefficient (Wildman–Crippen LogP) is 6.15. The molecule has 1 heterocycles. The molecule has 0 fully saturated rings. The molecule has 0 unspecified atom stereocenters. The van der Waals surface area contributed by atoms with E-state index in [2.05, 4.69) is 10.3 Å². The Bertz CT molecular complexity index is 1330. The molecule has 1 aromatic heterocycles. The van der Waals surface area contributed by atoms with E-state index in [-0.39, 0.29) is 22.7 Å². The number of nitrogen functional groups attached to an aromatic ring is 1. The van der Waals surface area contributed by atoms with Gasteiger partial charge in [0.2, 0.25) is 0 Å². The quantitative estimate of drug-likeness (QED) is 0.409. The Morgan fingerprint density at radius 1 is 0.875 bits per heavy atom. The lowest BCUT2D eigenvalue weighted by Gasteiger charge is -2.16. The van der Waals surface area contributed by atoms with E-state index >= 15 is 0 Å². The second-order valence-corrected chi connectivity index (χ2v) is 7.55. The van der Waals surface area contributed by atoms with Crippen molar-refractivity contribution in [3.05, 3.63) is 101 Å². The SMILES string of the molecule is Cc1ccc(C)c(-c2ccnc(N)c2)c1C(=O)Nc1ccc(-c2ccccc2F)c(F)c1. The van der Waals surface area contributed by atoms with Crippen molar-refractivity contribution in [1.29, 1.82) is 0 Å². The zero-order valence-electron chi connectivity index (χ0n) is 17.6. The molecule has 3 aromatic carbocycles. The topological polar surface area (TPSA) is 68.0 Å². The van der Waals surface area contributed by atoms with Gasteiger partial charge in [0.25, 0.3) is 5.91 Å². The molecule has 0 spiro atoms. The third kappa shape index (κ3) is 4.07. The first kappa shape index (κ1) is 21.2. The summed E-state index contributed by atoms with van der Waals surface area (Å²) in [6.45, 7) is 3.75. The highest BCUT2D eigenvalue weighted by Crippen LogP contribution is 2.32. The Labute approximate surface area is 184 Å². The minimum atomic E-state index is -0.629. The van der Waals surface area contributed by atoms with E-state index in [9.17, 15) is 13.6 Å². The van der Waals surface area contributed by atoms with Crippen LogP contribution in [0.3, 0.4) is 0 Å². The van der Waals surface area contributed by atoms with E-state index in [0.717, 1.165) is 22.3 Å². The minimum absolute atomic E-state index is 0.126. The van der Waals surface area contributed by atoms with Crippen LogP contribution in [0.5, 0.6) is 0 Å². The maximum absolute atomic E-state index is 14.8. The second kappa shape index (κ2) is 8.59. The number of rotatable bonds is 4. The number of pyridine rings is 1. The molecule has 32 heavy (non-hydrogen) atoms. The van der Waals surface area contributed by atoms with Gasteiger partial charge in [-0.2, -0.15) is 0 Å². The fourth-order valence-corrected chi connectivity index (χ4v) is 3.76. The summed E-state index contributed by atoms with van der Waals surface area (Å²) in [5, 5.41) is 2.77. The maximum Gasteiger partial charge on any atom is 0.256 e. The molecule has 1 amide bonds. The van der Waals surface area contributed by atoms with Crippen LogP contribution in [0.15, 0.2) is 72.9 Å². The van der Waals surface area contributed by atoms with Crippen molar-refractivity contribution in [2.45, 2.75) is 13.8 Å².